The molecule has 0 aromatic heterocycles. The number of carbonyl (C=O) groups excluding carboxylic acids is 1. The molecule has 2 rings (SSSR count). The van der Waals surface area contributed by atoms with Gasteiger partial charge in [-0.3, -0.25) is 4.79 Å². The first-order chi connectivity index (χ1) is 13.6. The molecule has 0 saturated carbocycles. The van der Waals surface area contributed by atoms with E-state index in [1.807, 2.05) is 38.1 Å². The average Bonchev–Trinajstić information content (AvgIpc) is 2.66. The highest BCUT2D eigenvalue weighted by Gasteiger charge is 2.29. The molecular formula is C21H27ClN2O4S. The monoisotopic (exact) mass is 438 g/mol. The van der Waals surface area contributed by atoms with Gasteiger partial charge in [-0.2, -0.15) is 4.72 Å². The molecule has 8 heteroatoms. The molecule has 2 aromatic carbocycles. The molecule has 0 saturated heterocycles. The van der Waals surface area contributed by atoms with E-state index in [2.05, 4.69) is 10.0 Å². The number of amides is 1. The van der Waals surface area contributed by atoms with Crippen LogP contribution in [0.3, 0.4) is 0 Å². The van der Waals surface area contributed by atoms with Crippen LogP contribution in [0.4, 0.5) is 0 Å². The van der Waals surface area contributed by atoms with Gasteiger partial charge < -0.3 is 10.1 Å². The van der Waals surface area contributed by atoms with Crippen molar-refractivity contribution in [1.82, 2.24) is 10.0 Å². The normalized spacial score (nSPS) is 13.7. The van der Waals surface area contributed by atoms with Crippen LogP contribution < -0.4 is 14.8 Å². The zero-order chi connectivity index (χ0) is 21.6. The highest BCUT2D eigenvalue weighted by atomic mass is 35.5. The lowest BCUT2D eigenvalue weighted by Crippen LogP contribution is -2.50. The topological polar surface area (TPSA) is 84.5 Å². The van der Waals surface area contributed by atoms with Gasteiger partial charge in [-0.1, -0.05) is 43.6 Å². The molecule has 0 bridgehead atoms. The Hall–Kier alpha value is -2.09. The Balaban J connectivity index is 2.12. The van der Waals surface area contributed by atoms with Gasteiger partial charge in [0.25, 0.3) is 0 Å². The standard InChI is InChI=1S/C21H27ClN2O4S/c1-5-28-18-11-9-16(10-12-18)15(4)23-21(25)20(14(2)3)24-29(26,27)19-8-6-7-17(22)13-19/h6-15,20,24H,5H2,1-4H3,(H,23,25)/t15?,20-/m0/s1. The Kier molecular flexibility index (Phi) is 8.07. The van der Waals surface area contributed by atoms with Crippen LogP contribution in [0.15, 0.2) is 53.4 Å². The van der Waals surface area contributed by atoms with Crippen LogP contribution in [0.5, 0.6) is 5.75 Å². The van der Waals surface area contributed by atoms with E-state index in [4.69, 9.17) is 16.3 Å². The average molecular weight is 439 g/mol. The lowest BCUT2D eigenvalue weighted by Gasteiger charge is -2.24. The van der Waals surface area contributed by atoms with Gasteiger partial charge in [-0.05, 0) is 55.7 Å². The van der Waals surface area contributed by atoms with Crippen LogP contribution >= 0.6 is 11.6 Å². The quantitative estimate of drug-likeness (QED) is 0.621. The molecule has 2 aromatic rings. The van der Waals surface area contributed by atoms with Gasteiger partial charge in [0.05, 0.1) is 17.5 Å². The number of benzene rings is 2. The Morgan fingerprint density at radius 2 is 1.76 bits per heavy atom. The van der Waals surface area contributed by atoms with Crippen LogP contribution in [0, 0.1) is 5.92 Å². The highest BCUT2D eigenvalue weighted by Crippen LogP contribution is 2.20. The molecule has 0 radical (unpaired) electrons. The minimum Gasteiger partial charge on any atom is -0.494 e. The SMILES string of the molecule is CCOc1ccc(C(C)NC(=O)[C@@H](NS(=O)(=O)c2cccc(Cl)c2)C(C)C)cc1. The fraction of sp³-hybridized carbons (Fsp3) is 0.381. The molecule has 0 spiro atoms. The summed E-state index contributed by atoms with van der Waals surface area (Å²) in [6.07, 6.45) is 0. The highest BCUT2D eigenvalue weighted by molar-refractivity contribution is 7.89. The number of halogens is 1. The largest absolute Gasteiger partial charge is 0.494 e. The number of sulfonamides is 1. The maximum absolute atomic E-state index is 12.8. The fourth-order valence-electron chi connectivity index (χ4n) is 2.77. The van der Waals surface area contributed by atoms with Gasteiger partial charge in [0.15, 0.2) is 0 Å². The van der Waals surface area contributed by atoms with E-state index in [-0.39, 0.29) is 16.9 Å². The Morgan fingerprint density at radius 3 is 2.31 bits per heavy atom. The number of ether oxygens (including phenoxy) is 1. The third-order valence-electron chi connectivity index (χ3n) is 4.39. The van der Waals surface area contributed by atoms with Gasteiger partial charge >= 0.3 is 0 Å². The van der Waals surface area contributed by atoms with E-state index in [1.165, 1.54) is 12.1 Å². The van der Waals surface area contributed by atoms with E-state index in [0.29, 0.717) is 11.6 Å². The maximum atomic E-state index is 12.8. The summed E-state index contributed by atoms with van der Waals surface area (Å²) < 4.78 is 33.3. The molecule has 0 heterocycles. The summed E-state index contributed by atoms with van der Waals surface area (Å²) in [7, 11) is -3.90. The Bertz CT molecular complexity index is 930. The van der Waals surface area contributed by atoms with E-state index < -0.39 is 22.0 Å². The summed E-state index contributed by atoms with van der Waals surface area (Å²) >= 11 is 5.90. The van der Waals surface area contributed by atoms with Crippen molar-refractivity contribution in [3.05, 3.63) is 59.1 Å². The molecule has 29 heavy (non-hydrogen) atoms. The second kappa shape index (κ2) is 10.1. The lowest BCUT2D eigenvalue weighted by atomic mass is 10.0. The minimum absolute atomic E-state index is 0.0167. The molecule has 0 aliphatic rings. The summed E-state index contributed by atoms with van der Waals surface area (Å²) in [5, 5.41) is 3.19. The predicted molar refractivity (Wildman–Crippen MR) is 115 cm³/mol. The van der Waals surface area contributed by atoms with Crippen LogP contribution in [0.2, 0.25) is 5.02 Å². The number of hydrogen-bond acceptors (Lipinski definition) is 4. The maximum Gasteiger partial charge on any atom is 0.241 e. The van der Waals surface area contributed by atoms with Crippen molar-refractivity contribution in [1.29, 1.82) is 0 Å². The Labute approximate surface area is 177 Å². The predicted octanol–water partition coefficient (Wildman–Crippen LogP) is 3.92. The second-order valence-electron chi connectivity index (χ2n) is 7.03. The first-order valence-electron chi connectivity index (χ1n) is 9.45. The first kappa shape index (κ1) is 23.2. The lowest BCUT2D eigenvalue weighted by molar-refractivity contribution is -0.124. The summed E-state index contributed by atoms with van der Waals surface area (Å²) in [4.78, 5) is 12.8. The zero-order valence-electron chi connectivity index (χ0n) is 17.0. The van der Waals surface area contributed by atoms with Crippen molar-refractivity contribution < 1.29 is 17.9 Å². The van der Waals surface area contributed by atoms with Crippen LogP contribution in [-0.2, 0) is 14.8 Å². The first-order valence-corrected chi connectivity index (χ1v) is 11.3. The Morgan fingerprint density at radius 1 is 1.10 bits per heavy atom. The van der Waals surface area contributed by atoms with Crippen LogP contribution in [-0.4, -0.2) is 27.0 Å². The van der Waals surface area contributed by atoms with Gasteiger partial charge in [0.1, 0.15) is 11.8 Å². The molecule has 0 fully saturated rings. The second-order valence-corrected chi connectivity index (χ2v) is 9.18. The zero-order valence-corrected chi connectivity index (χ0v) is 18.5. The van der Waals surface area contributed by atoms with Crippen molar-refractivity contribution in [3.8, 4) is 5.75 Å². The third kappa shape index (κ3) is 6.45. The van der Waals surface area contributed by atoms with Crippen molar-refractivity contribution >= 4 is 27.5 Å². The van der Waals surface area contributed by atoms with E-state index in [9.17, 15) is 13.2 Å². The van der Waals surface area contributed by atoms with E-state index in [1.54, 1.807) is 26.0 Å². The van der Waals surface area contributed by atoms with E-state index >= 15 is 0 Å². The molecule has 158 valence electrons. The molecule has 1 unspecified atom stereocenters. The molecule has 0 aliphatic carbocycles. The van der Waals surface area contributed by atoms with Gasteiger partial charge in [-0.25, -0.2) is 8.42 Å². The van der Waals surface area contributed by atoms with Gasteiger partial charge in [0, 0.05) is 5.02 Å². The molecule has 1 amide bonds. The third-order valence-corrected chi connectivity index (χ3v) is 6.06. The molecule has 6 nitrogen and oxygen atoms in total. The number of carbonyl (C=O) groups is 1. The van der Waals surface area contributed by atoms with Crippen molar-refractivity contribution in [2.45, 2.75) is 44.7 Å². The van der Waals surface area contributed by atoms with Gasteiger partial charge in [0.2, 0.25) is 15.9 Å². The molecule has 2 atom stereocenters. The van der Waals surface area contributed by atoms with Crippen molar-refractivity contribution in [2.75, 3.05) is 6.61 Å². The smallest absolute Gasteiger partial charge is 0.241 e. The van der Waals surface area contributed by atoms with Crippen molar-refractivity contribution in [3.63, 3.8) is 0 Å². The summed E-state index contributed by atoms with van der Waals surface area (Å²) in [6.45, 7) is 7.90. The van der Waals surface area contributed by atoms with E-state index in [0.717, 1.165) is 11.3 Å². The summed E-state index contributed by atoms with van der Waals surface area (Å²) in [5.74, 6) is 0.104. The fourth-order valence-corrected chi connectivity index (χ4v) is 4.41. The summed E-state index contributed by atoms with van der Waals surface area (Å²) in [5.41, 5.74) is 0.891. The molecular weight excluding hydrogens is 412 g/mol. The van der Waals surface area contributed by atoms with Crippen LogP contribution in [0.25, 0.3) is 0 Å². The molecule has 2 N–H and O–H groups in total. The van der Waals surface area contributed by atoms with Crippen molar-refractivity contribution in [2.24, 2.45) is 5.92 Å². The number of rotatable bonds is 9. The molecule has 0 aliphatic heterocycles. The number of hydrogen-bond donors (Lipinski definition) is 2. The minimum atomic E-state index is -3.90. The summed E-state index contributed by atoms with van der Waals surface area (Å²) in [6, 6.07) is 12.1. The van der Waals surface area contributed by atoms with Gasteiger partial charge in [-0.15, -0.1) is 0 Å². The number of nitrogens with one attached hydrogen (secondary N) is 2. The van der Waals surface area contributed by atoms with Crippen LogP contribution in [0.1, 0.15) is 39.3 Å².